The van der Waals surface area contributed by atoms with Gasteiger partial charge >= 0.3 is 0 Å². The lowest BCUT2D eigenvalue weighted by atomic mass is 9.91. The number of hydrogen-bond acceptors (Lipinski definition) is 0. The van der Waals surface area contributed by atoms with Crippen LogP contribution in [0.3, 0.4) is 0 Å². The minimum atomic E-state index is 1.13. The molecule has 0 heterocycles. The maximum Gasteiger partial charge on any atom is -0.00122 e. The van der Waals surface area contributed by atoms with Crippen LogP contribution in [-0.4, -0.2) is 0 Å². The van der Waals surface area contributed by atoms with Crippen molar-refractivity contribution >= 4 is 22.6 Å². The molecule has 0 amide bonds. The molecule has 0 aliphatic heterocycles. The third-order valence-electron chi connectivity index (χ3n) is 2.29. The van der Waals surface area contributed by atoms with Gasteiger partial charge in [0.15, 0.2) is 0 Å². The van der Waals surface area contributed by atoms with Gasteiger partial charge in [0, 0.05) is 0 Å². The molecule has 0 aromatic carbocycles. The number of hydrogen-bond donors (Lipinski definition) is 0. The summed E-state index contributed by atoms with van der Waals surface area (Å²) in [4.78, 5) is 0. The molecule has 0 nitrogen and oxygen atoms in total. The zero-order valence-corrected chi connectivity index (χ0v) is 9.28. The predicted molar refractivity (Wildman–Crippen MR) is 58.9 cm³/mol. The highest BCUT2D eigenvalue weighted by atomic mass is 127. The van der Waals surface area contributed by atoms with Gasteiger partial charge in [-0.15, -0.1) is 0 Å². The first kappa shape index (κ1) is 9.30. The topological polar surface area (TPSA) is 0 Å². The van der Waals surface area contributed by atoms with Crippen LogP contribution in [0.15, 0.2) is 21.3 Å². The Hall–Kier alpha value is 0.210. The highest BCUT2D eigenvalue weighted by Gasteiger charge is 2.08. The second-order valence-corrected chi connectivity index (χ2v) is 4.81. The molecule has 0 bridgehead atoms. The Balaban J connectivity index is 2.59. The fraction of sp³-hybridized carbons (Fsp3) is 0.600. The van der Waals surface area contributed by atoms with Crippen LogP contribution in [0.2, 0.25) is 0 Å². The van der Waals surface area contributed by atoms with Crippen molar-refractivity contribution in [1.29, 1.82) is 0 Å². The van der Waals surface area contributed by atoms with E-state index in [1.54, 1.807) is 11.1 Å². The number of rotatable bonds is 2. The zero-order chi connectivity index (χ0) is 8.27. The molecule has 0 N–H and O–H groups in total. The monoisotopic (exact) mass is 262 g/mol. The van der Waals surface area contributed by atoms with Gasteiger partial charge in [0.05, 0.1) is 0 Å². The molecule has 62 valence electrons. The summed E-state index contributed by atoms with van der Waals surface area (Å²) in [5, 5.41) is 0. The normalized spacial score (nSPS) is 18.7. The van der Waals surface area contributed by atoms with E-state index in [9.17, 15) is 0 Å². The van der Waals surface area contributed by atoms with E-state index in [-0.39, 0.29) is 0 Å². The fourth-order valence-corrected chi connectivity index (χ4v) is 2.05. The summed E-state index contributed by atoms with van der Waals surface area (Å²) in [7, 11) is 0. The van der Waals surface area contributed by atoms with Crippen LogP contribution in [0.1, 0.15) is 39.0 Å². The highest BCUT2D eigenvalue weighted by Crippen LogP contribution is 2.29. The summed E-state index contributed by atoms with van der Waals surface area (Å²) < 4.78 is 1.28. The lowest BCUT2D eigenvalue weighted by Gasteiger charge is -2.16. The molecule has 1 heteroatoms. The molecule has 0 saturated carbocycles. The van der Waals surface area contributed by atoms with E-state index in [0.29, 0.717) is 0 Å². The van der Waals surface area contributed by atoms with Crippen LogP contribution >= 0.6 is 22.6 Å². The van der Waals surface area contributed by atoms with Crippen molar-refractivity contribution in [2.75, 3.05) is 0 Å². The average molecular weight is 262 g/mol. The Morgan fingerprint density at radius 1 is 1.45 bits per heavy atom. The summed E-state index contributed by atoms with van der Waals surface area (Å²) in [6.45, 7) is 6.21. The first-order valence-electron chi connectivity index (χ1n) is 4.21. The van der Waals surface area contributed by atoms with Gasteiger partial charge in [-0.1, -0.05) is 17.7 Å². The Kier molecular flexibility index (Phi) is 3.63. The summed E-state index contributed by atoms with van der Waals surface area (Å²) >= 11 is 2.33. The van der Waals surface area contributed by atoms with E-state index in [2.05, 4.69) is 36.1 Å². The van der Waals surface area contributed by atoms with Crippen LogP contribution in [0.5, 0.6) is 0 Å². The predicted octanol–water partition coefficient (Wildman–Crippen LogP) is 4.22. The van der Waals surface area contributed by atoms with Gasteiger partial charge in [0.25, 0.3) is 0 Å². The molecule has 0 fully saturated rings. The Morgan fingerprint density at radius 3 is 2.64 bits per heavy atom. The van der Waals surface area contributed by atoms with E-state index in [1.165, 1.54) is 29.3 Å². The molecule has 0 saturated heterocycles. The first-order valence-corrected chi connectivity index (χ1v) is 5.29. The van der Waals surface area contributed by atoms with E-state index in [1.807, 2.05) is 0 Å². The molecule has 0 aromatic rings. The van der Waals surface area contributed by atoms with Crippen LogP contribution in [0.25, 0.3) is 0 Å². The second kappa shape index (κ2) is 4.29. The second-order valence-electron chi connectivity index (χ2n) is 3.29. The maximum atomic E-state index is 3.94. The van der Waals surface area contributed by atoms with Crippen molar-refractivity contribution in [3.63, 3.8) is 0 Å². The van der Waals surface area contributed by atoms with Crippen molar-refractivity contribution in [2.24, 2.45) is 0 Å². The quantitative estimate of drug-likeness (QED) is 0.516. The Morgan fingerprint density at radius 2 is 2.09 bits per heavy atom. The van der Waals surface area contributed by atoms with Crippen LogP contribution in [-0.2, 0) is 0 Å². The van der Waals surface area contributed by atoms with Crippen LogP contribution in [0.4, 0.5) is 0 Å². The number of halogens is 1. The fourth-order valence-electron chi connectivity index (χ4n) is 1.59. The summed E-state index contributed by atoms with van der Waals surface area (Å²) in [5.41, 5.74) is 3.27. The summed E-state index contributed by atoms with van der Waals surface area (Å²) in [6.07, 6.45) is 6.54. The lowest BCUT2D eigenvalue weighted by Crippen LogP contribution is -1.96. The van der Waals surface area contributed by atoms with Crippen LogP contribution < -0.4 is 0 Å². The molecule has 0 radical (unpaired) electrons. The number of allylic oxidation sites excluding steroid dienone is 3. The molecule has 0 spiro atoms. The largest absolute Gasteiger partial charge is 0.0894 e. The van der Waals surface area contributed by atoms with Crippen molar-refractivity contribution in [3.8, 4) is 0 Å². The van der Waals surface area contributed by atoms with Gasteiger partial charge in [-0.2, -0.15) is 0 Å². The van der Waals surface area contributed by atoms with Crippen molar-refractivity contribution < 1.29 is 0 Å². The van der Waals surface area contributed by atoms with Gasteiger partial charge in [0.1, 0.15) is 0 Å². The van der Waals surface area contributed by atoms with Crippen molar-refractivity contribution in [2.45, 2.75) is 39.0 Å². The smallest absolute Gasteiger partial charge is 0.00122 e. The third-order valence-corrected chi connectivity index (χ3v) is 2.67. The SMILES string of the molecule is C=C(I)CC1=C(C)CCCC1. The van der Waals surface area contributed by atoms with E-state index in [0.717, 1.165) is 6.42 Å². The van der Waals surface area contributed by atoms with E-state index in [4.69, 9.17) is 0 Å². The maximum absolute atomic E-state index is 3.94. The highest BCUT2D eigenvalue weighted by molar-refractivity contribution is 14.1. The molecule has 1 aliphatic carbocycles. The molecular weight excluding hydrogens is 247 g/mol. The third kappa shape index (κ3) is 2.97. The molecule has 1 rings (SSSR count). The molecule has 0 atom stereocenters. The molecular formula is C10H15I. The van der Waals surface area contributed by atoms with Gasteiger partial charge in [-0.05, 0) is 65.2 Å². The van der Waals surface area contributed by atoms with Gasteiger partial charge < -0.3 is 0 Å². The van der Waals surface area contributed by atoms with Gasteiger partial charge in [-0.25, -0.2) is 0 Å². The minimum absolute atomic E-state index is 1.13. The average Bonchev–Trinajstić information content (AvgIpc) is 1.93. The Labute approximate surface area is 82.9 Å². The molecule has 0 aromatic heterocycles. The summed E-state index contributed by atoms with van der Waals surface area (Å²) in [6, 6.07) is 0. The summed E-state index contributed by atoms with van der Waals surface area (Å²) in [5.74, 6) is 0. The zero-order valence-electron chi connectivity index (χ0n) is 7.12. The Bertz CT molecular complexity index is 189. The standard InChI is InChI=1S/C10H15I/c1-8-5-3-4-6-10(8)7-9(2)11/h2-7H2,1H3. The van der Waals surface area contributed by atoms with Crippen molar-refractivity contribution in [3.05, 3.63) is 21.3 Å². The minimum Gasteiger partial charge on any atom is -0.0894 e. The van der Waals surface area contributed by atoms with E-state index < -0.39 is 0 Å². The van der Waals surface area contributed by atoms with Gasteiger partial charge in [0.2, 0.25) is 0 Å². The van der Waals surface area contributed by atoms with Crippen molar-refractivity contribution in [1.82, 2.24) is 0 Å². The molecule has 0 unspecified atom stereocenters. The first-order chi connectivity index (χ1) is 5.20. The lowest BCUT2D eigenvalue weighted by molar-refractivity contribution is 0.662. The molecule has 11 heavy (non-hydrogen) atoms. The van der Waals surface area contributed by atoms with E-state index >= 15 is 0 Å². The van der Waals surface area contributed by atoms with Gasteiger partial charge in [-0.3, -0.25) is 0 Å². The van der Waals surface area contributed by atoms with Crippen LogP contribution in [0, 0.1) is 0 Å². The molecule has 1 aliphatic rings.